The molecule has 0 bridgehead atoms. The van der Waals surface area contributed by atoms with Crippen molar-refractivity contribution in [2.45, 2.75) is 32.8 Å². The summed E-state index contributed by atoms with van der Waals surface area (Å²) in [4.78, 5) is 13.3. The SMILES string of the molecule is CC(=O)c1ccc(N2CCC(C(C)O)CC2)o1. The van der Waals surface area contributed by atoms with Gasteiger partial charge in [-0.2, -0.15) is 0 Å². The van der Waals surface area contributed by atoms with Gasteiger partial charge >= 0.3 is 0 Å². The van der Waals surface area contributed by atoms with E-state index < -0.39 is 0 Å². The van der Waals surface area contributed by atoms with Crippen molar-refractivity contribution in [1.82, 2.24) is 0 Å². The number of hydrogen-bond donors (Lipinski definition) is 1. The number of furan rings is 1. The molecule has 4 heteroatoms. The highest BCUT2D eigenvalue weighted by molar-refractivity contribution is 5.91. The molecule has 1 saturated heterocycles. The molecule has 1 atom stereocenters. The van der Waals surface area contributed by atoms with E-state index in [0.29, 0.717) is 11.7 Å². The fourth-order valence-corrected chi connectivity index (χ4v) is 2.29. The molecular weight excluding hydrogens is 218 g/mol. The Balaban J connectivity index is 1.98. The van der Waals surface area contributed by atoms with E-state index in [1.165, 1.54) is 6.92 Å². The Hall–Kier alpha value is -1.29. The van der Waals surface area contributed by atoms with Crippen LogP contribution in [-0.2, 0) is 0 Å². The second-order valence-corrected chi connectivity index (χ2v) is 4.76. The Kier molecular flexibility index (Phi) is 3.52. The molecular formula is C13H19NO3. The number of rotatable bonds is 3. The van der Waals surface area contributed by atoms with Crippen LogP contribution < -0.4 is 4.90 Å². The van der Waals surface area contributed by atoms with Crippen molar-refractivity contribution in [3.63, 3.8) is 0 Å². The van der Waals surface area contributed by atoms with E-state index >= 15 is 0 Å². The first-order valence-electron chi connectivity index (χ1n) is 6.11. The summed E-state index contributed by atoms with van der Waals surface area (Å²) in [6.45, 7) is 5.10. The van der Waals surface area contributed by atoms with Crippen LogP contribution in [0.4, 0.5) is 5.88 Å². The number of aliphatic hydroxyl groups excluding tert-OH is 1. The van der Waals surface area contributed by atoms with Gasteiger partial charge in [-0.05, 0) is 31.7 Å². The molecule has 0 amide bonds. The van der Waals surface area contributed by atoms with E-state index in [0.717, 1.165) is 31.8 Å². The van der Waals surface area contributed by atoms with Crippen molar-refractivity contribution < 1.29 is 14.3 Å². The highest BCUT2D eigenvalue weighted by Crippen LogP contribution is 2.26. The maximum absolute atomic E-state index is 11.1. The number of nitrogens with zero attached hydrogens (tertiary/aromatic N) is 1. The lowest BCUT2D eigenvalue weighted by molar-refractivity contribution is 0.0987. The Morgan fingerprint density at radius 1 is 1.47 bits per heavy atom. The van der Waals surface area contributed by atoms with E-state index in [4.69, 9.17) is 4.42 Å². The third-order valence-electron chi connectivity index (χ3n) is 3.47. The molecule has 2 heterocycles. The molecule has 4 nitrogen and oxygen atoms in total. The van der Waals surface area contributed by atoms with Crippen LogP contribution in [0, 0.1) is 5.92 Å². The van der Waals surface area contributed by atoms with E-state index in [2.05, 4.69) is 4.90 Å². The van der Waals surface area contributed by atoms with Crippen molar-refractivity contribution in [2.24, 2.45) is 5.92 Å². The Bertz CT molecular complexity index is 389. The molecule has 1 unspecified atom stereocenters. The van der Waals surface area contributed by atoms with Gasteiger partial charge in [-0.3, -0.25) is 4.79 Å². The number of aliphatic hydroxyl groups is 1. The largest absolute Gasteiger partial charge is 0.437 e. The summed E-state index contributed by atoms with van der Waals surface area (Å²) >= 11 is 0. The minimum Gasteiger partial charge on any atom is -0.437 e. The smallest absolute Gasteiger partial charge is 0.196 e. The number of ketones is 1. The summed E-state index contributed by atoms with van der Waals surface area (Å²) in [6, 6.07) is 3.57. The van der Waals surface area contributed by atoms with Gasteiger partial charge in [-0.15, -0.1) is 0 Å². The standard InChI is InChI=1S/C13H19NO3/c1-9(15)11-5-7-14(8-6-11)13-4-3-12(17-13)10(2)16/h3-4,9,11,15H,5-8H2,1-2H3. The van der Waals surface area contributed by atoms with Gasteiger partial charge in [0.15, 0.2) is 17.4 Å². The quantitative estimate of drug-likeness (QED) is 0.818. The number of carbonyl (C=O) groups excluding carboxylic acids is 1. The van der Waals surface area contributed by atoms with Gasteiger partial charge in [0, 0.05) is 26.1 Å². The number of Topliss-reactive ketones (excluding diaryl/α,β-unsaturated/α-hetero) is 1. The summed E-state index contributed by atoms with van der Waals surface area (Å²) in [7, 11) is 0. The monoisotopic (exact) mass is 237 g/mol. The number of carbonyl (C=O) groups is 1. The molecule has 0 aliphatic carbocycles. The lowest BCUT2D eigenvalue weighted by Gasteiger charge is -2.33. The minimum absolute atomic E-state index is 0.0462. The third-order valence-corrected chi connectivity index (χ3v) is 3.47. The van der Waals surface area contributed by atoms with E-state index in [-0.39, 0.29) is 11.9 Å². The van der Waals surface area contributed by atoms with E-state index in [1.807, 2.05) is 13.0 Å². The maximum Gasteiger partial charge on any atom is 0.196 e. The minimum atomic E-state index is -0.235. The third kappa shape index (κ3) is 2.69. The van der Waals surface area contributed by atoms with Crippen LogP contribution in [0.5, 0.6) is 0 Å². The maximum atomic E-state index is 11.1. The molecule has 1 aliphatic heterocycles. The van der Waals surface area contributed by atoms with Gasteiger partial charge in [-0.25, -0.2) is 0 Å². The first kappa shape index (κ1) is 12.2. The Morgan fingerprint density at radius 3 is 2.59 bits per heavy atom. The van der Waals surface area contributed by atoms with Crippen LogP contribution in [0.3, 0.4) is 0 Å². The van der Waals surface area contributed by atoms with Gasteiger partial charge in [-0.1, -0.05) is 0 Å². The van der Waals surface area contributed by atoms with E-state index in [9.17, 15) is 9.90 Å². The van der Waals surface area contributed by atoms with Gasteiger partial charge in [0.1, 0.15) is 0 Å². The van der Waals surface area contributed by atoms with Crippen LogP contribution in [0.15, 0.2) is 16.5 Å². The molecule has 1 aromatic heterocycles. The van der Waals surface area contributed by atoms with E-state index in [1.54, 1.807) is 6.07 Å². The predicted octanol–water partition coefficient (Wildman–Crippen LogP) is 2.08. The highest BCUT2D eigenvalue weighted by atomic mass is 16.4. The Labute approximate surface area is 101 Å². The number of piperidine rings is 1. The molecule has 1 fully saturated rings. The lowest BCUT2D eigenvalue weighted by Crippen LogP contribution is -2.36. The fourth-order valence-electron chi connectivity index (χ4n) is 2.29. The van der Waals surface area contributed by atoms with Crippen molar-refractivity contribution in [3.8, 4) is 0 Å². The molecule has 0 radical (unpaired) electrons. The fraction of sp³-hybridized carbons (Fsp3) is 0.615. The zero-order chi connectivity index (χ0) is 12.4. The zero-order valence-electron chi connectivity index (χ0n) is 10.3. The topological polar surface area (TPSA) is 53.7 Å². The normalized spacial score (nSPS) is 19.4. The molecule has 1 aromatic rings. The molecule has 94 valence electrons. The average Bonchev–Trinajstić information content (AvgIpc) is 2.78. The first-order chi connectivity index (χ1) is 8.08. The summed E-state index contributed by atoms with van der Waals surface area (Å²) in [5.41, 5.74) is 0. The number of anilines is 1. The van der Waals surface area contributed by atoms with Crippen LogP contribution in [0.2, 0.25) is 0 Å². The van der Waals surface area contributed by atoms with Gasteiger partial charge in [0.2, 0.25) is 0 Å². The molecule has 2 rings (SSSR count). The van der Waals surface area contributed by atoms with Gasteiger partial charge in [0.25, 0.3) is 0 Å². The Morgan fingerprint density at radius 2 is 2.12 bits per heavy atom. The second-order valence-electron chi connectivity index (χ2n) is 4.76. The molecule has 1 N–H and O–H groups in total. The molecule has 17 heavy (non-hydrogen) atoms. The molecule has 1 aliphatic rings. The summed E-state index contributed by atoms with van der Waals surface area (Å²) in [5, 5.41) is 9.52. The summed E-state index contributed by atoms with van der Waals surface area (Å²) < 4.78 is 5.49. The molecule has 0 saturated carbocycles. The van der Waals surface area contributed by atoms with Gasteiger partial charge in [0.05, 0.1) is 6.10 Å². The molecule has 0 aromatic carbocycles. The van der Waals surface area contributed by atoms with Crippen molar-refractivity contribution in [1.29, 1.82) is 0 Å². The lowest BCUT2D eigenvalue weighted by atomic mass is 9.92. The van der Waals surface area contributed by atoms with Crippen LogP contribution >= 0.6 is 0 Å². The zero-order valence-corrected chi connectivity index (χ0v) is 10.3. The van der Waals surface area contributed by atoms with Crippen molar-refractivity contribution in [3.05, 3.63) is 17.9 Å². The first-order valence-corrected chi connectivity index (χ1v) is 6.11. The van der Waals surface area contributed by atoms with Crippen molar-refractivity contribution >= 4 is 11.7 Å². The summed E-state index contributed by atoms with van der Waals surface area (Å²) in [6.07, 6.45) is 1.70. The van der Waals surface area contributed by atoms with Crippen molar-refractivity contribution in [2.75, 3.05) is 18.0 Å². The second kappa shape index (κ2) is 4.92. The van der Waals surface area contributed by atoms with Crippen LogP contribution in [0.25, 0.3) is 0 Å². The van der Waals surface area contributed by atoms with Gasteiger partial charge < -0.3 is 14.4 Å². The summed E-state index contributed by atoms with van der Waals surface area (Å²) in [5.74, 6) is 1.51. The number of hydrogen-bond acceptors (Lipinski definition) is 4. The molecule has 0 spiro atoms. The van der Waals surface area contributed by atoms with Crippen LogP contribution in [0.1, 0.15) is 37.2 Å². The predicted molar refractivity (Wildman–Crippen MR) is 65.3 cm³/mol. The highest BCUT2D eigenvalue weighted by Gasteiger charge is 2.24. The van der Waals surface area contributed by atoms with Crippen LogP contribution in [-0.4, -0.2) is 30.1 Å². The average molecular weight is 237 g/mol.